The molecule has 1 aliphatic heterocycles. The minimum absolute atomic E-state index is 0.0640. The van der Waals surface area contributed by atoms with Crippen LogP contribution in [-0.2, 0) is 14.8 Å². The minimum atomic E-state index is -3.47. The molecule has 2 rings (SSSR count). The van der Waals surface area contributed by atoms with E-state index in [1.165, 1.54) is 11.2 Å². The molecule has 0 N–H and O–H groups in total. The van der Waals surface area contributed by atoms with Crippen LogP contribution in [-0.4, -0.2) is 31.6 Å². The van der Waals surface area contributed by atoms with Crippen LogP contribution < -0.4 is 0 Å². The molecule has 2 atom stereocenters. The van der Waals surface area contributed by atoms with Gasteiger partial charge >= 0.3 is 0 Å². The molecular formula is C14H19NO3S. The summed E-state index contributed by atoms with van der Waals surface area (Å²) >= 11 is 0. The van der Waals surface area contributed by atoms with Crippen molar-refractivity contribution in [2.24, 2.45) is 11.8 Å². The van der Waals surface area contributed by atoms with Crippen LogP contribution in [0.2, 0.25) is 0 Å². The van der Waals surface area contributed by atoms with Gasteiger partial charge in [0.2, 0.25) is 10.0 Å². The number of carbonyl (C=O) groups excluding carboxylic acids is 1. The maximum absolute atomic E-state index is 12.5. The maximum atomic E-state index is 12.5. The molecule has 4 nitrogen and oxygen atoms in total. The molecule has 0 radical (unpaired) electrons. The summed E-state index contributed by atoms with van der Waals surface area (Å²) in [5.74, 6) is -0.0351. The zero-order chi connectivity index (χ0) is 14.2. The van der Waals surface area contributed by atoms with Crippen molar-refractivity contribution in [3.63, 3.8) is 0 Å². The van der Waals surface area contributed by atoms with Crippen LogP contribution in [0.15, 0.2) is 29.2 Å². The van der Waals surface area contributed by atoms with Crippen molar-refractivity contribution >= 4 is 15.8 Å². The molecule has 2 unspecified atom stereocenters. The SMILES string of the molecule is CC(=O)C1CN(S(=O)(=O)c2ccc(C)cc2)CC1C. The third kappa shape index (κ3) is 2.72. The molecule has 0 bridgehead atoms. The van der Waals surface area contributed by atoms with Gasteiger partial charge in [-0.3, -0.25) is 4.79 Å². The summed E-state index contributed by atoms with van der Waals surface area (Å²) in [6.07, 6.45) is 0. The van der Waals surface area contributed by atoms with Crippen LogP contribution in [0.1, 0.15) is 19.4 Å². The fourth-order valence-corrected chi connectivity index (χ4v) is 4.07. The van der Waals surface area contributed by atoms with Gasteiger partial charge in [0, 0.05) is 19.0 Å². The Morgan fingerprint density at radius 1 is 1.21 bits per heavy atom. The van der Waals surface area contributed by atoms with Gasteiger partial charge in [0.05, 0.1) is 4.90 Å². The predicted molar refractivity (Wildman–Crippen MR) is 73.3 cm³/mol. The molecule has 1 heterocycles. The highest BCUT2D eigenvalue weighted by molar-refractivity contribution is 7.89. The second-order valence-corrected chi connectivity index (χ2v) is 7.27. The summed E-state index contributed by atoms with van der Waals surface area (Å²) in [5, 5.41) is 0. The van der Waals surface area contributed by atoms with E-state index in [4.69, 9.17) is 0 Å². The fraction of sp³-hybridized carbons (Fsp3) is 0.500. The van der Waals surface area contributed by atoms with Gasteiger partial charge in [-0.2, -0.15) is 4.31 Å². The van der Waals surface area contributed by atoms with Crippen LogP contribution in [0.4, 0.5) is 0 Å². The molecule has 19 heavy (non-hydrogen) atoms. The van der Waals surface area contributed by atoms with E-state index in [1.807, 2.05) is 13.8 Å². The molecule has 1 saturated heterocycles. The normalized spacial score (nSPS) is 24.6. The van der Waals surface area contributed by atoms with Crippen molar-refractivity contribution in [2.45, 2.75) is 25.7 Å². The smallest absolute Gasteiger partial charge is 0.243 e. The van der Waals surface area contributed by atoms with Gasteiger partial charge in [0.1, 0.15) is 5.78 Å². The fourth-order valence-electron chi connectivity index (χ4n) is 2.51. The van der Waals surface area contributed by atoms with Crippen molar-refractivity contribution in [1.29, 1.82) is 0 Å². The molecule has 0 saturated carbocycles. The van der Waals surface area contributed by atoms with Gasteiger partial charge in [0.15, 0.2) is 0 Å². The van der Waals surface area contributed by atoms with Gasteiger partial charge in [-0.25, -0.2) is 8.42 Å². The van der Waals surface area contributed by atoms with Crippen LogP contribution >= 0.6 is 0 Å². The Hall–Kier alpha value is -1.20. The van der Waals surface area contributed by atoms with E-state index in [1.54, 1.807) is 24.3 Å². The second kappa shape index (κ2) is 5.06. The van der Waals surface area contributed by atoms with Gasteiger partial charge < -0.3 is 0 Å². The third-order valence-electron chi connectivity index (χ3n) is 3.76. The summed E-state index contributed by atoms with van der Waals surface area (Å²) in [6.45, 7) is 6.09. The van der Waals surface area contributed by atoms with Gasteiger partial charge in [0.25, 0.3) is 0 Å². The summed E-state index contributed by atoms with van der Waals surface area (Å²) in [5.41, 5.74) is 1.02. The summed E-state index contributed by atoms with van der Waals surface area (Å²) in [4.78, 5) is 11.8. The zero-order valence-electron chi connectivity index (χ0n) is 11.5. The third-order valence-corrected chi connectivity index (χ3v) is 5.61. The van der Waals surface area contributed by atoms with Crippen molar-refractivity contribution in [2.75, 3.05) is 13.1 Å². The van der Waals surface area contributed by atoms with Crippen LogP contribution in [0.25, 0.3) is 0 Å². The number of Topliss-reactive ketones (excluding diaryl/α,β-unsaturated/α-hetero) is 1. The maximum Gasteiger partial charge on any atom is 0.243 e. The lowest BCUT2D eigenvalue weighted by Crippen LogP contribution is -2.29. The summed E-state index contributed by atoms with van der Waals surface area (Å²) in [6, 6.07) is 6.82. The summed E-state index contributed by atoms with van der Waals surface area (Å²) < 4.78 is 26.4. The van der Waals surface area contributed by atoms with Crippen molar-refractivity contribution in [3.05, 3.63) is 29.8 Å². The molecular weight excluding hydrogens is 262 g/mol. The Labute approximate surface area is 114 Å². The zero-order valence-corrected chi connectivity index (χ0v) is 12.3. The average Bonchev–Trinajstić information content (AvgIpc) is 2.72. The molecule has 0 spiro atoms. The largest absolute Gasteiger partial charge is 0.300 e. The number of hydrogen-bond donors (Lipinski definition) is 0. The van der Waals surface area contributed by atoms with Crippen molar-refractivity contribution < 1.29 is 13.2 Å². The number of carbonyl (C=O) groups is 1. The van der Waals surface area contributed by atoms with Gasteiger partial charge in [-0.15, -0.1) is 0 Å². The number of benzene rings is 1. The number of aryl methyl sites for hydroxylation is 1. The molecule has 104 valence electrons. The van der Waals surface area contributed by atoms with Crippen molar-refractivity contribution in [1.82, 2.24) is 4.31 Å². The first-order valence-corrected chi connectivity index (χ1v) is 7.83. The molecule has 0 aliphatic carbocycles. The highest BCUT2D eigenvalue weighted by Gasteiger charge is 2.39. The lowest BCUT2D eigenvalue weighted by molar-refractivity contribution is -0.121. The van der Waals surface area contributed by atoms with Crippen LogP contribution in [0.3, 0.4) is 0 Å². The standard InChI is InChI=1S/C14H19NO3S/c1-10-4-6-13(7-5-10)19(17,18)15-8-11(2)14(9-15)12(3)16/h4-7,11,14H,8-9H2,1-3H3. The van der Waals surface area contributed by atoms with E-state index in [0.29, 0.717) is 18.0 Å². The molecule has 1 aromatic rings. The molecule has 0 aromatic heterocycles. The number of hydrogen-bond acceptors (Lipinski definition) is 3. The monoisotopic (exact) mass is 281 g/mol. The predicted octanol–water partition coefficient (Wildman–Crippen LogP) is 1.84. The first-order valence-electron chi connectivity index (χ1n) is 6.39. The van der Waals surface area contributed by atoms with E-state index < -0.39 is 10.0 Å². The van der Waals surface area contributed by atoms with E-state index in [-0.39, 0.29) is 17.6 Å². The lowest BCUT2D eigenvalue weighted by Gasteiger charge is -2.16. The topological polar surface area (TPSA) is 54.5 Å². The highest BCUT2D eigenvalue weighted by Crippen LogP contribution is 2.29. The van der Waals surface area contributed by atoms with Crippen LogP contribution in [0.5, 0.6) is 0 Å². The van der Waals surface area contributed by atoms with Crippen molar-refractivity contribution in [3.8, 4) is 0 Å². The Bertz CT molecular complexity index is 577. The Morgan fingerprint density at radius 3 is 2.26 bits per heavy atom. The number of sulfonamides is 1. The molecule has 1 aromatic carbocycles. The Balaban J connectivity index is 2.27. The Kier molecular flexibility index (Phi) is 3.78. The van der Waals surface area contributed by atoms with Gasteiger partial charge in [-0.05, 0) is 31.9 Å². The minimum Gasteiger partial charge on any atom is -0.300 e. The van der Waals surface area contributed by atoms with Gasteiger partial charge in [-0.1, -0.05) is 24.6 Å². The second-order valence-electron chi connectivity index (χ2n) is 5.33. The molecule has 5 heteroatoms. The Morgan fingerprint density at radius 2 is 1.79 bits per heavy atom. The molecule has 1 fully saturated rings. The van der Waals surface area contributed by atoms with Crippen LogP contribution in [0, 0.1) is 18.8 Å². The number of rotatable bonds is 3. The first-order chi connectivity index (χ1) is 8.82. The number of ketones is 1. The van der Waals surface area contributed by atoms with E-state index >= 15 is 0 Å². The molecule has 0 amide bonds. The van der Waals surface area contributed by atoms with E-state index in [9.17, 15) is 13.2 Å². The van der Waals surface area contributed by atoms with E-state index in [0.717, 1.165) is 5.56 Å². The average molecular weight is 281 g/mol. The molecule has 1 aliphatic rings. The first kappa shape index (κ1) is 14.2. The highest BCUT2D eigenvalue weighted by atomic mass is 32.2. The van der Waals surface area contributed by atoms with E-state index in [2.05, 4.69) is 0 Å². The summed E-state index contributed by atoms with van der Waals surface area (Å²) in [7, 11) is -3.47. The number of nitrogens with zero attached hydrogens (tertiary/aromatic N) is 1. The lowest BCUT2D eigenvalue weighted by atomic mass is 9.95. The quantitative estimate of drug-likeness (QED) is 0.849.